The van der Waals surface area contributed by atoms with E-state index in [-0.39, 0.29) is 11.9 Å². The second kappa shape index (κ2) is 7.28. The normalized spacial score (nSPS) is 33.1. The lowest BCUT2D eigenvalue weighted by Crippen LogP contribution is -2.46. The molecule has 3 nitrogen and oxygen atoms in total. The van der Waals surface area contributed by atoms with E-state index in [4.69, 9.17) is 4.74 Å². The molecular weight excluding hydrogens is 238 g/mol. The Hall–Kier alpha value is -0.570. The highest BCUT2D eigenvalue weighted by Crippen LogP contribution is 2.31. The molecule has 1 aliphatic carbocycles. The third-order valence-corrected chi connectivity index (χ3v) is 4.98. The molecule has 1 atom stereocenters. The molecule has 2 fully saturated rings. The molecule has 0 spiro atoms. The van der Waals surface area contributed by atoms with Crippen molar-refractivity contribution in [3.8, 4) is 0 Å². The highest BCUT2D eigenvalue weighted by molar-refractivity contribution is 5.72. The molecule has 110 valence electrons. The fourth-order valence-electron chi connectivity index (χ4n) is 3.71. The number of likely N-dealkylation sites (tertiary alicyclic amines) is 1. The van der Waals surface area contributed by atoms with Crippen LogP contribution in [0.1, 0.15) is 58.8 Å². The van der Waals surface area contributed by atoms with Gasteiger partial charge in [0.05, 0.1) is 12.5 Å². The highest BCUT2D eigenvalue weighted by Gasteiger charge is 2.32. The van der Waals surface area contributed by atoms with Gasteiger partial charge in [0.15, 0.2) is 0 Å². The largest absolute Gasteiger partial charge is 0.466 e. The molecule has 0 aromatic carbocycles. The maximum atomic E-state index is 11.9. The average Bonchev–Trinajstić information content (AvgIpc) is 2.48. The first-order chi connectivity index (χ1) is 9.24. The lowest BCUT2D eigenvalue weighted by atomic mass is 9.83. The van der Waals surface area contributed by atoms with Crippen LogP contribution in [0.5, 0.6) is 0 Å². The summed E-state index contributed by atoms with van der Waals surface area (Å²) in [4.78, 5) is 14.4. The molecule has 3 heteroatoms. The van der Waals surface area contributed by atoms with E-state index in [0.29, 0.717) is 6.61 Å². The predicted molar refractivity (Wildman–Crippen MR) is 77.0 cm³/mol. The second-order valence-corrected chi connectivity index (χ2v) is 6.17. The minimum absolute atomic E-state index is 0.0226. The van der Waals surface area contributed by atoms with Crippen molar-refractivity contribution in [1.82, 2.24) is 4.90 Å². The van der Waals surface area contributed by atoms with Gasteiger partial charge in [-0.25, -0.2) is 0 Å². The van der Waals surface area contributed by atoms with Gasteiger partial charge in [-0.2, -0.15) is 0 Å². The van der Waals surface area contributed by atoms with Crippen LogP contribution in [0.3, 0.4) is 0 Å². The van der Waals surface area contributed by atoms with Crippen molar-refractivity contribution in [2.24, 2.45) is 11.8 Å². The number of nitrogens with zero attached hydrogens (tertiary/aromatic N) is 1. The van der Waals surface area contributed by atoms with Crippen LogP contribution < -0.4 is 0 Å². The molecule has 0 amide bonds. The van der Waals surface area contributed by atoms with Crippen LogP contribution in [-0.2, 0) is 9.53 Å². The van der Waals surface area contributed by atoms with Gasteiger partial charge in [-0.05, 0) is 57.9 Å². The summed E-state index contributed by atoms with van der Waals surface area (Å²) in [7, 11) is 0. The maximum Gasteiger partial charge on any atom is 0.310 e. The van der Waals surface area contributed by atoms with E-state index in [9.17, 15) is 4.79 Å². The average molecular weight is 267 g/mol. The van der Waals surface area contributed by atoms with Crippen LogP contribution in [0.2, 0.25) is 0 Å². The summed E-state index contributed by atoms with van der Waals surface area (Å²) in [6, 6.07) is 0.722. The number of rotatable bonds is 4. The van der Waals surface area contributed by atoms with Crippen LogP contribution in [0.15, 0.2) is 0 Å². The monoisotopic (exact) mass is 267 g/mol. The summed E-state index contributed by atoms with van der Waals surface area (Å²) < 4.78 is 5.19. The topological polar surface area (TPSA) is 29.5 Å². The lowest BCUT2D eigenvalue weighted by molar-refractivity contribution is -0.150. The molecule has 1 saturated carbocycles. The van der Waals surface area contributed by atoms with Crippen molar-refractivity contribution in [3.05, 3.63) is 0 Å². The van der Waals surface area contributed by atoms with E-state index in [1.54, 1.807) is 0 Å². The van der Waals surface area contributed by atoms with E-state index in [1.165, 1.54) is 38.6 Å². The highest BCUT2D eigenvalue weighted by atomic mass is 16.5. The molecule has 1 heterocycles. The van der Waals surface area contributed by atoms with E-state index in [0.717, 1.165) is 31.3 Å². The summed E-state index contributed by atoms with van der Waals surface area (Å²) in [5, 5.41) is 0. The van der Waals surface area contributed by atoms with Gasteiger partial charge >= 0.3 is 5.97 Å². The Bertz CT molecular complexity index is 284. The number of piperidine rings is 1. The van der Waals surface area contributed by atoms with Crippen molar-refractivity contribution in [1.29, 1.82) is 0 Å². The van der Waals surface area contributed by atoms with Gasteiger partial charge in [-0.1, -0.05) is 13.3 Å². The van der Waals surface area contributed by atoms with E-state index >= 15 is 0 Å². The number of esters is 1. The van der Waals surface area contributed by atoms with Crippen LogP contribution >= 0.6 is 0 Å². The van der Waals surface area contributed by atoms with Gasteiger partial charge in [0, 0.05) is 12.6 Å². The number of hydrogen-bond donors (Lipinski definition) is 0. The Morgan fingerprint density at radius 3 is 2.53 bits per heavy atom. The number of carbonyl (C=O) groups is 1. The Kier molecular flexibility index (Phi) is 5.68. The fraction of sp³-hybridized carbons (Fsp3) is 0.938. The van der Waals surface area contributed by atoms with Gasteiger partial charge in [-0.15, -0.1) is 0 Å². The van der Waals surface area contributed by atoms with Crippen molar-refractivity contribution >= 4 is 5.97 Å². The van der Waals surface area contributed by atoms with Gasteiger partial charge in [0.25, 0.3) is 0 Å². The van der Waals surface area contributed by atoms with E-state index < -0.39 is 0 Å². The van der Waals surface area contributed by atoms with Gasteiger partial charge in [-0.3, -0.25) is 9.69 Å². The molecule has 0 aromatic rings. The molecule has 0 N–H and O–H groups in total. The van der Waals surface area contributed by atoms with Crippen molar-refractivity contribution in [2.75, 3.05) is 19.7 Å². The minimum Gasteiger partial charge on any atom is -0.466 e. The fourth-order valence-corrected chi connectivity index (χ4v) is 3.71. The summed E-state index contributed by atoms with van der Waals surface area (Å²) in [5.74, 6) is 1.09. The van der Waals surface area contributed by atoms with Crippen LogP contribution in [0.4, 0.5) is 0 Å². The quantitative estimate of drug-likeness (QED) is 0.732. The first-order valence-corrected chi connectivity index (χ1v) is 8.15. The molecule has 1 aliphatic heterocycles. The molecular formula is C16H29NO2. The second-order valence-electron chi connectivity index (χ2n) is 6.17. The molecule has 0 radical (unpaired) electrons. The van der Waals surface area contributed by atoms with Crippen molar-refractivity contribution < 1.29 is 9.53 Å². The first kappa shape index (κ1) is 14.8. The molecule has 0 aromatic heterocycles. The summed E-state index contributed by atoms with van der Waals surface area (Å²) in [6.45, 7) is 6.82. The Morgan fingerprint density at radius 1 is 1.16 bits per heavy atom. The Balaban J connectivity index is 1.82. The van der Waals surface area contributed by atoms with E-state index in [1.807, 2.05) is 6.92 Å². The zero-order chi connectivity index (χ0) is 13.7. The molecule has 1 saturated heterocycles. The Morgan fingerprint density at radius 2 is 1.89 bits per heavy atom. The van der Waals surface area contributed by atoms with Crippen LogP contribution in [-0.4, -0.2) is 36.6 Å². The third kappa shape index (κ3) is 3.95. The van der Waals surface area contributed by atoms with Gasteiger partial charge < -0.3 is 4.74 Å². The number of carbonyl (C=O) groups excluding carboxylic acids is 1. The van der Waals surface area contributed by atoms with Crippen LogP contribution in [0, 0.1) is 11.8 Å². The van der Waals surface area contributed by atoms with Crippen molar-refractivity contribution in [2.45, 2.75) is 64.8 Å². The summed E-state index contributed by atoms with van der Waals surface area (Å²) in [6.07, 6.45) is 8.90. The predicted octanol–water partition coefficient (Wildman–Crippen LogP) is 3.23. The summed E-state index contributed by atoms with van der Waals surface area (Å²) >= 11 is 0. The Labute approximate surface area is 117 Å². The molecule has 2 aliphatic rings. The number of hydrogen-bond acceptors (Lipinski definition) is 3. The zero-order valence-electron chi connectivity index (χ0n) is 12.6. The standard InChI is InChI=1S/C16H29NO2/c1-3-13-7-9-15(10-8-13)17-11-5-6-14(12-17)16(18)19-4-2/h13-15H,3-12H2,1-2H3/t13?,14-,15?/m0/s1. The first-order valence-electron chi connectivity index (χ1n) is 8.15. The lowest BCUT2D eigenvalue weighted by Gasteiger charge is -2.40. The summed E-state index contributed by atoms with van der Waals surface area (Å²) in [5.41, 5.74) is 0. The molecule has 0 unspecified atom stereocenters. The maximum absolute atomic E-state index is 11.9. The van der Waals surface area contributed by atoms with Gasteiger partial charge in [0.2, 0.25) is 0 Å². The zero-order valence-corrected chi connectivity index (χ0v) is 12.6. The smallest absolute Gasteiger partial charge is 0.310 e. The molecule has 0 bridgehead atoms. The van der Waals surface area contributed by atoms with Gasteiger partial charge in [0.1, 0.15) is 0 Å². The molecule has 19 heavy (non-hydrogen) atoms. The van der Waals surface area contributed by atoms with Crippen molar-refractivity contribution in [3.63, 3.8) is 0 Å². The van der Waals surface area contributed by atoms with Crippen LogP contribution in [0.25, 0.3) is 0 Å². The minimum atomic E-state index is 0.0226. The molecule has 2 rings (SSSR count). The SMILES string of the molecule is CCOC(=O)[C@H]1CCCN(C2CCC(CC)CC2)C1. The van der Waals surface area contributed by atoms with E-state index in [2.05, 4.69) is 11.8 Å². The number of ether oxygens (including phenoxy) is 1. The third-order valence-electron chi connectivity index (χ3n) is 4.98.